The Kier molecular flexibility index (Phi) is 4.67. The first kappa shape index (κ1) is 19.5. The van der Waals surface area contributed by atoms with E-state index in [0.29, 0.717) is 31.0 Å². The van der Waals surface area contributed by atoms with E-state index in [2.05, 4.69) is 4.98 Å². The van der Waals surface area contributed by atoms with E-state index in [1.807, 2.05) is 20.8 Å². The van der Waals surface area contributed by atoms with Crippen LogP contribution in [0.3, 0.4) is 0 Å². The molecule has 2 aliphatic heterocycles. The van der Waals surface area contributed by atoms with Gasteiger partial charge in [0, 0.05) is 43.1 Å². The Labute approximate surface area is 167 Å². The van der Waals surface area contributed by atoms with Crippen molar-refractivity contribution in [1.29, 1.82) is 0 Å². The average molecular weight is 403 g/mol. The molecule has 4 rings (SSSR count). The Bertz CT molecular complexity index is 960. The number of nitrogens with zero attached hydrogens (tertiary/aromatic N) is 3. The molecule has 0 bridgehead atoms. The van der Waals surface area contributed by atoms with Gasteiger partial charge in [0.25, 0.3) is 0 Å². The van der Waals surface area contributed by atoms with E-state index < -0.39 is 11.6 Å². The summed E-state index contributed by atoms with van der Waals surface area (Å²) in [6.45, 7) is 7.00. The smallest absolute Gasteiger partial charge is 0.228 e. The third-order valence-corrected chi connectivity index (χ3v) is 5.43. The van der Waals surface area contributed by atoms with E-state index >= 15 is 0 Å². The van der Waals surface area contributed by atoms with Crippen LogP contribution in [0.15, 0.2) is 22.6 Å². The van der Waals surface area contributed by atoms with E-state index in [-0.39, 0.29) is 47.7 Å². The van der Waals surface area contributed by atoms with Gasteiger partial charge in [-0.25, -0.2) is 13.8 Å². The summed E-state index contributed by atoms with van der Waals surface area (Å²) in [6.07, 6.45) is 0.682. The lowest BCUT2D eigenvalue weighted by atomic mass is 10.0. The van der Waals surface area contributed by atoms with Crippen LogP contribution in [0.4, 0.5) is 8.78 Å². The van der Waals surface area contributed by atoms with E-state index in [4.69, 9.17) is 4.42 Å². The SMILES string of the molecule is CC(C)(C)N1CC(C(=O)N2CCc3oc(-c4cc(F)cc(F)c4)nc3C2)CC1=O. The number of likely N-dealkylation sites (tertiary alicyclic amines) is 1. The standard InChI is InChI=1S/C21H23F2N3O3/c1-21(2,3)26-10-13(8-18(26)27)20(28)25-5-4-17-16(11-25)24-19(29-17)12-6-14(22)9-15(23)7-12/h6-7,9,13H,4-5,8,10-11H2,1-3H3. The number of rotatable bonds is 2. The zero-order valence-corrected chi connectivity index (χ0v) is 16.7. The number of halogens is 2. The molecule has 2 amide bonds. The van der Waals surface area contributed by atoms with Gasteiger partial charge < -0.3 is 14.2 Å². The van der Waals surface area contributed by atoms with Crippen LogP contribution in [0, 0.1) is 17.6 Å². The van der Waals surface area contributed by atoms with Crippen molar-refractivity contribution in [2.75, 3.05) is 13.1 Å². The fourth-order valence-corrected chi connectivity index (χ4v) is 3.97. The highest BCUT2D eigenvalue weighted by Gasteiger charge is 2.41. The van der Waals surface area contributed by atoms with Gasteiger partial charge in [-0.1, -0.05) is 0 Å². The summed E-state index contributed by atoms with van der Waals surface area (Å²) in [5.41, 5.74) is 0.487. The minimum atomic E-state index is -0.706. The molecule has 2 aliphatic rings. The number of hydrogen-bond donors (Lipinski definition) is 0. The molecule has 3 heterocycles. The van der Waals surface area contributed by atoms with E-state index in [0.717, 1.165) is 18.2 Å². The Morgan fingerprint density at radius 1 is 1.21 bits per heavy atom. The van der Waals surface area contributed by atoms with Gasteiger partial charge in [-0.3, -0.25) is 9.59 Å². The highest BCUT2D eigenvalue weighted by molar-refractivity contribution is 5.89. The summed E-state index contributed by atoms with van der Waals surface area (Å²) in [7, 11) is 0. The third kappa shape index (κ3) is 3.75. The lowest BCUT2D eigenvalue weighted by molar-refractivity contribution is -0.136. The number of hydrogen-bond acceptors (Lipinski definition) is 4. The summed E-state index contributed by atoms with van der Waals surface area (Å²) in [4.78, 5) is 33.1. The predicted octanol–water partition coefficient (Wildman–Crippen LogP) is 3.15. The van der Waals surface area contributed by atoms with Crippen LogP contribution in [0.1, 0.15) is 38.6 Å². The van der Waals surface area contributed by atoms with Gasteiger partial charge in [0.15, 0.2) is 0 Å². The van der Waals surface area contributed by atoms with Crippen molar-refractivity contribution in [3.05, 3.63) is 41.3 Å². The molecule has 0 saturated carbocycles. The van der Waals surface area contributed by atoms with Gasteiger partial charge in [0.05, 0.1) is 12.5 Å². The first-order valence-electron chi connectivity index (χ1n) is 9.66. The summed E-state index contributed by atoms with van der Waals surface area (Å²) in [5, 5.41) is 0. The molecule has 1 aromatic carbocycles. The summed E-state index contributed by atoms with van der Waals surface area (Å²) >= 11 is 0. The Balaban J connectivity index is 1.50. The summed E-state index contributed by atoms with van der Waals surface area (Å²) in [6, 6.07) is 3.11. The number of fused-ring (bicyclic) bond motifs is 1. The fraction of sp³-hybridized carbons (Fsp3) is 0.476. The molecule has 8 heteroatoms. The van der Waals surface area contributed by atoms with Gasteiger partial charge in [-0.05, 0) is 32.9 Å². The van der Waals surface area contributed by atoms with Crippen molar-refractivity contribution in [3.63, 3.8) is 0 Å². The molecule has 0 spiro atoms. The molecule has 0 aliphatic carbocycles. The molecule has 1 aromatic heterocycles. The van der Waals surface area contributed by atoms with Crippen LogP contribution >= 0.6 is 0 Å². The van der Waals surface area contributed by atoms with Gasteiger partial charge >= 0.3 is 0 Å². The van der Waals surface area contributed by atoms with Gasteiger partial charge in [0.1, 0.15) is 23.1 Å². The van der Waals surface area contributed by atoms with Crippen LogP contribution in [0.5, 0.6) is 0 Å². The highest BCUT2D eigenvalue weighted by Crippen LogP contribution is 2.31. The van der Waals surface area contributed by atoms with Crippen LogP contribution in [0.2, 0.25) is 0 Å². The molecular formula is C21H23F2N3O3. The highest BCUT2D eigenvalue weighted by atomic mass is 19.1. The van der Waals surface area contributed by atoms with Gasteiger partial charge in [-0.2, -0.15) is 0 Å². The molecule has 2 aromatic rings. The first-order valence-corrected chi connectivity index (χ1v) is 9.66. The maximum absolute atomic E-state index is 13.5. The summed E-state index contributed by atoms with van der Waals surface area (Å²) < 4.78 is 32.7. The minimum absolute atomic E-state index is 0.00889. The quantitative estimate of drug-likeness (QED) is 0.773. The monoisotopic (exact) mass is 403 g/mol. The van der Waals surface area contributed by atoms with E-state index in [9.17, 15) is 18.4 Å². The Morgan fingerprint density at radius 2 is 1.90 bits per heavy atom. The van der Waals surface area contributed by atoms with Crippen LogP contribution in [-0.2, 0) is 22.6 Å². The second-order valence-electron chi connectivity index (χ2n) is 8.63. The topological polar surface area (TPSA) is 66.7 Å². The zero-order valence-electron chi connectivity index (χ0n) is 16.7. The van der Waals surface area contributed by atoms with Crippen LogP contribution < -0.4 is 0 Å². The number of aromatic nitrogens is 1. The van der Waals surface area contributed by atoms with Crippen molar-refractivity contribution in [1.82, 2.24) is 14.8 Å². The molecule has 0 radical (unpaired) electrons. The summed E-state index contributed by atoms with van der Waals surface area (Å²) in [5.74, 6) is -1.11. The lowest BCUT2D eigenvalue weighted by Gasteiger charge is -2.32. The molecule has 1 unspecified atom stereocenters. The molecule has 6 nitrogen and oxygen atoms in total. The van der Waals surface area contributed by atoms with Gasteiger partial charge in [-0.15, -0.1) is 0 Å². The van der Waals surface area contributed by atoms with Gasteiger partial charge in [0.2, 0.25) is 17.7 Å². The van der Waals surface area contributed by atoms with Crippen LogP contribution in [-0.4, -0.2) is 45.2 Å². The van der Waals surface area contributed by atoms with Crippen molar-refractivity contribution in [2.24, 2.45) is 5.92 Å². The molecule has 29 heavy (non-hydrogen) atoms. The molecular weight excluding hydrogens is 380 g/mol. The number of oxazole rings is 1. The first-order chi connectivity index (χ1) is 13.6. The Morgan fingerprint density at radius 3 is 2.52 bits per heavy atom. The predicted molar refractivity (Wildman–Crippen MR) is 101 cm³/mol. The maximum atomic E-state index is 13.5. The largest absolute Gasteiger partial charge is 0.441 e. The molecule has 1 fully saturated rings. The number of amides is 2. The van der Waals surface area contributed by atoms with Crippen molar-refractivity contribution < 1.29 is 22.8 Å². The van der Waals surface area contributed by atoms with E-state index in [1.165, 1.54) is 0 Å². The normalized spacial score (nSPS) is 19.6. The van der Waals surface area contributed by atoms with Crippen molar-refractivity contribution >= 4 is 11.8 Å². The molecule has 154 valence electrons. The second kappa shape index (κ2) is 6.93. The maximum Gasteiger partial charge on any atom is 0.228 e. The van der Waals surface area contributed by atoms with Crippen LogP contribution in [0.25, 0.3) is 11.5 Å². The van der Waals surface area contributed by atoms with E-state index in [1.54, 1.807) is 9.80 Å². The molecule has 1 saturated heterocycles. The number of benzene rings is 1. The van der Waals surface area contributed by atoms with Crippen molar-refractivity contribution in [3.8, 4) is 11.5 Å². The zero-order chi connectivity index (χ0) is 20.9. The second-order valence-corrected chi connectivity index (χ2v) is 8.63. The minimum Gasteiger partial charge on any atom is -0.441 e. The third-order valence-electron chi connectivity index (χ3n) is 5.43. The number of carbonyl (C=O) groups is 2. The lowest BCUT2D eigenvalue weighted by Crippen LogP contribution is -2.44. The fourth-order valence-electron chi connectivity index (χ4n) is 3.97. The average Bonchev–Trinajstić information content (AvgIpc) is 3.22. The molecule has 1 atom stereocenters. The molecule has 0 N–H and O–H groups in total. The van der Waals surface area contributed by atoms with Crippen molar-refractivity contribution in [2.45, 2.75) is 45.7 Å². The number of carbonyl (C=O) groups excluding carboxylic acids is 2. The Hall–Kier alpha value is -2.77.